The maximum Gasteiger partial charge on any atom is 0.168 e. The Bertz CT molecular complexity index is 451. The van der Waals surface area contributed by atoms with Crippen molar-refractivity contribution in [1.82, 2.24) is 10.5 Å². The summed E-state index contributed by atoms with van der Waals surface area (Å²) < 4.78 is 5.25. The number of nitrogens with one attached hydrogen (secondary N) is 1. The zero-order chi connectivity index (χ0) is 14.0. The number of hydrogen-bond donors (Lipinski definition) is 1. The number of piperidine rings is 1. The summed E-state index contributed by atoms with van der Waals surface area (Å²) in [6.07, 6.45) is 2.79. The summed E-state index contributed by atoms with van der Waals surface area (Å²) in [4.78, 5) is 12.5. The van der Waals surface area contributed by atoms with Gasteiger partial charge in [-0.3, -0.25) is 4.79 Å². The van der Waals surface area contributed by atoms with E-state index in [0.29, 0.717) is 23.7 Å². The molecule has 0 unspecified atom stereocenters. The Hall–Kier alpha value is -1.16. The lowest BCUT2D eigenvalue weighted by Gasteiger charge is -2.22. The Morgan fingerprint density at radius 3 is 2.58 bits per heavy atom. The van der Waals surface area contributed by atoms with Gasteiger partial charge in [-0.1, -0.05) is 25.9 Å². The van der Waals surface area contributed by atoms with E-state index in [0.717, 1.165) is 31.6 Å². The number of nitrogens with zero attached hydrogens (tertiary/aromatic N) is 1. The van der Waals surface area contributed by atoms with Gasteiger partial charge in [0.1, 0.15) is 5.76 Å². The van der Waals surface area contributed by atoms with Crippen molar-refractivity contribution in [2.75, 3.05) is 13.1 Å². The molecule has 2 heterocycles. The quantitative estimate of drug-likeness (QED) is 0.853. The van der Waals surface area contributed by atoms with Crippen LogP contribution in [0.25, 0.3) is 0 Å². The predicted molar refractivity (Wildman–Crippen MR) is 74.5 cm³/mol. The highest BCUT2D eigenvalue weighted by Crippen LogP contribution is 2.29. The average Bonchev–Trinajstić information content (AvgIpc) is 2.72. The van der Waals surface area contributed by atoms with Gasteiger partial charge in [0.05, 0.1) is 11.3 Å². The Morgan fingerprint density at radius 2 is 2.00 bits per heavy atom. The Morgan fingerprint density at radius 1 is 1.37 bits per heavy atom. The van der Waals surface area contributed by atoms with Crippen LogP contribution in [0.5, 0.6) is 0 Å². The fourth-order valence-electron chi connectivity index (χ4n) is 2.66. The first-order valence-corrected chi connectivity index (χ1v) is 7.10. The summed E-state index contributed by atoms with van der Waals surface area (Å²) in [6, 6.07) is 0. The fraction of sp³-hybridized carbons (Fsp3) is 0.733. The Balaban J connectivity index is 2.16. The van der Waals surface area contributed by atoms with Crippen LogP contribution in [-0.2, 0) is 5.41 Å². The molecule has 0 atom stereocenters. The number of Topliss-reactive ketones (excluding diaryl/α,β-unsaturated/α-hetero) is 1. The minimum absolute atomic E-state index is 0.156. The van der Waals surface area contributed by atoms with Crippen LogP contribution in [0, 0.1) is 12.8 Å². The number of aromatic nitrogens is 1. The zero-order valence-corrected chi connectivity index (χ0v) is 12.4. The molecule has 4 nitrogen and oxygen atoms in total. The van der Waals surface area contributed by atoms with E-state index in [9.17, 15) is 4.79 Å². The highest BCUT2D eigenvalue weighted by Gasteiger charge is 2.30. The van der Waals surface area contributed by atoms with Gasteiger partial charge in [-0.05, 0) is 38.8 Å². The van der Waals surface area contributed by atoms with Crippen LogP contribution >= 0.6 is 0 Å². The van der Waals surface area contributed by atoms with E-state index < -0.39 is 0 Å². The van der Waals surface area contributed by atoms with Crippen molar-refractivity contribution in [3.63, 3.8) is 0 Å². The maximum absolute atomic E-state index is 12.5. The number of hydrogen-bond acceptors (Lipinski definition) is 4. The van der Waals surface area contributed by atoms with E-state index in [1.807, 2.05) is 6.92 Å². The molecular weight excluding hydrogens is 240 g/mol. The lowest BCUT2D eigenvalue weighted by molar-refractivity contribution is 0.0949. The van der Waals surface area contributed by atoms with E-state index in [4.69, 9.17) is 4.52 Å². The SMILES string of the molecule is Cc1onc(C(C)(C)C)c1C(=O)CC1CCNCC1. The molecular formula is C15H24N2O2. The van der Waals surface area contributed by atoms with Gasteiger partial charge in [0, 0.05) is 11.8 Å². The number of carbonyl (C=O) groups is 1. The molecule has 0 radical (unpaired) electrons. The number of rotatable bonds is 3. The summed E-state index contributed by atoms with van der Waals surface area (Å²) in [7, 11) is 0. The monoisotopic (exact) mass is 264 g/mol. The van der Waals surface area contributed by atoms with E-state index in [-0.39, 0.29) is 11.2 Å². The minimum atomic E-state index is -0.156. The van der Waals surface area contributed by atoms with Crippen molar-refractivity contribution in [2.45, 2.75) is 52.4 Å². The van der Waals surface area contributed by atoms with Crippen LogP contribution in [0.4, 0.5) is 0 Å². The molecule has 1 saturated heterocycles. The minimum Gasteiger partial charge on any atom is -0.361 e. The van der Waals surface area contributed by atoms with Gasteiger partial charge in [-0.2, -0.15) is 0 Å². The molecule has 1 aromatic heterocycles. The second-order valence-corrected chi connectivity index (χ2v) is 6.53. The smallest absolute Gasteiger partial charge is 0.168 e. The Kier molecular flexibility index (Phi) is 4.09. The average molecular weight is 264 g/mol. The zero-order valence-electron chi connectivity index (χ0n) is 12.4. The van der Waals surface area contributed by atoms with E-state index in [2.05, 4.69) is 31.2 Å². The largest absolute Gasteiger partial charge is 0.361 e. The lowest BCUT2D eigenvalue weighted by Crippen LogP contribution is -2.29. The summed E-state index contributed by atoms with van der Waals surface area (Å²) in [5.41, 5.74) is 1.35. The molecule has 0 aliphatic carbocycles. The van der Waals surface area contributed by atoms with Crippen molar-refractivity contribution in [1.29, 1.82) is 0 Å². The number of carbonyl (C=O) groups excluding carboxylic acids is 1. The van der Waals surface area contributed by atoms with Crippen molar-refractivity contribution in [2.24, 2.45) is 5.92 Å². The molecule has 0 aromatic carbocycles. The fourth-order valence-corrected chi connectivity index (χ4v) is 2.66. The maximum atomic E-state index is 12.5. The van der Waals surface area contributed by atoms with E-state index >= 15 is 0 Å². The third-order valence-electron chi connectivity index (χ3n) is 3.78. The second-order valence-electron chi connectivity index (χ2n) is 6.53. The first kappa shape index (κ1) is 14.3. The first-order valence-electron chi connectivity index (χ1n) is 7.10. The van der Waals surface area contributed by atoms with Gasteiger partial charge in [-0.15, -0.1) is 0 Å². The highest BCUT2D eigenvalue weighted by atomic mass is 16.5. The number of aryl methyl sites for hydroxylation is 1. The molecule has 0 saturated carbocycles. The molecule has 106 valence electrons. The van der Waals surface area contributed by atoms with Crippen molar-refractivity contribution in [3.8, 4) is 0 Å². The van der Waals surface area contributed by atoms with Crippen LogP contribution in [0.3, 0.4) is 0 Å². The van der Waals surface area contributed by atoms with Gasteiger partial charge in [0.25, 0.3) is 0 Å². The van der Waals surface area contributed by atoms with Crippen LogP contribution in [0.15, 0.2) is 4.52 Å². The molecule has 1 aliphatic rings. The molecule has 4 heteroatoms. The summed E-state index contributed by atoms with van der Waals surface area (Å²) in [5, 5.41) is 7.42. The number of ketones is 1. The van der Waals surface area contributed by atoms with Crippen LogP contribution < -0.4 is 5.32 Å². The van der Waals surface area contributed by atoms with Crippen molar-refractivity contribution < 1.29 is 9.32 Å². The Labute approximate surface area is 114 Å². The van der Waals surface area contributed by atoms with Crippen LogP contribution in [-0.4, -0.2) is 24.0 Å². The molecule has 2 rings (SSSR count). The highest BCUT2D eigenvalue weighted by molar-refractivity contribution is 5.98. The van der Waals surface area contributed by atoms with Gasteiger partial charge >= 0.3 is 0 Å². The molecule has 0 amide bonds. The van der Waals surface area contributed by atoms with Gasteiger partial charge in [0.15, 0.2) is 5.78 Å². The molecule has 1 aliphatic heterocycles. The van der Waals surface area contributed by atoms with Crippen LogP contribution in [0.1, 0.15) is 61.8 Å². The third-order valence-corrected chi connectivity index (χ3v) is 3.78. The molecule has 1 fully saturated rings. The summed E-state index contributed by atoms with van der Waals surface area (Å²) in [6.45, 7) is 10.1. The van der Waals surface area contributed by atoms with E-state index in [1.54, 1.807) is 0 Å². The predicted octanol–water partition coefficient (Wildman–Crippen LogP) is 2.85. The van der Waals surface area contributed by atoms with E-state index in [1.165, 1.54) is 0 Å². The lowest BCUT2D eigenvalue weighted by atomic mass is 9.84. The van der Waals surface area contributed by atoms with Gasteiger partial charge in [-0.25, -0.2) is 0 Å². The van der Waals surface area contributed by atoms with Crippen molar-refractivity contribution >= 4 is 5.78 Å². The molecule has 1 N–H and O–H groups in total. The van der Waals surface area contributed by atoms with Gasteiger partial charge < -0.3 is 9.84 Å². The molecule has 0 spiro atoms. The second kappa shape index (κ2) is 5.45. The normalized spacial score (nSPS) is 17.7. The third kappa shape index (κ3) is 3.24. The summed E-state index contributed by atoms with van der Waals surface area (Å²) in [5.74, 6) is 1.34. The molecule has 0 bridgehead atoms. The van der Waals surface area contributed by atoms with Crippen LogP contribution in [0.2, 0.25) is 0 Å². The topological polar surface area (TPSA) is 55.1 Å². The van der Waals surface area contributed by atoms with Gasteiger partial charge in [0.2, 0.25) is 0 Å². The summed E-state index contributed by atoms with van der Waals surface area (Å²) >= 11 is 0. The standard InChI is InChI=1S/C15H24N2O2/c1-10-13(14(17-19-10)15(2,3)4)12(18)9-11-5-7-16-8-6-11/h11,16H,5-9H2,1-4H3. The first-order chi connectivity index (χ1) is 8.89. The molecule has 1 aromatic rings. The van der Waals surface area contributed by atoms with Crippen molar-refractivity contribution in [3.05, 3.63) is 17.0 Å². The molecule has 19 heavy (non-hydrogen) atoms.